The molecule has 1 aliphatic carbocycles. The molecule has 1 fully saturated rings. The van der Waals surface area contributed by atoms with Crippen molar-refractivity contribution in [2.24, 2.45) is 11.1 Å². The summed E-state index contributed by atoms with van der Waals surface area (Å²) in [5.74, 6) is 0.660. The van der Waals surface area contributed by atoms with Crippen LogP contribution in [-0.2, 0) is 11.3 Å². The molecular weight excluding hydrogens is 266 g/mol. The number of carbonyl (C=O) groups excluding carboxylic acids is 1. The molecule has 21 heavy (non-hydrogen) atoms. The fraction of sp³-hybridized carbons (Fsp3) is 0.625. The number of nitrogens with zero attached hydrogens (tertiary/aromatic N) is 1. The number of methoxy groups -OCH3 is 1. The highest BCUT2D eigenvalue weighted by atomic mass is 16.5. The van der Waals surface area contributed by atoms with E-state index in [1.807, 2.05) is 6.07 Å². The van der Waals surface area contributed by atoms with Crippen LogP contribution < -0.4 is 15.8 Å². The van der Waals surface area contributed by atoms with Gasteiger partial charge < -0.3 is 15.8 Å². The van der Waals surface area contributed by atoms with Crippen molar-refractivity contribution in [2.75, 3.05) is 13.7 Å². The summed E-state index contributed by atoms with van der Waals surface area (Å²) >= 11 is 0. The van der Waals surface area contributed by atoms with Crippen LogP contribution in [-0.4, -0.2) is 24.5 Å². The Kier molecular flexibility index (Phi) is 5.56. The second kappa shape index (κ2) is 7.41. The quantitative estimate of drug-likeness (QED) is 0.840. The molecular formula is C16H25N3O2. The molecule has 0 saturated heterocycles. The summed E-state index contributed by atoms with van der Waals surface area (Å²) < 4.78 is 5.01. The van der Waals surface area contributed by atoms with Crippen molar-refractivity contribution in [3.8, 4) is 5.88 Å². The summed E-state index contributed by atoms with van der Waals surface area (Å²) in [6.07, 6.45) is 8.04. The third kappa shape index (κ3) is 4.43. The summed E-state index contributed by atoms with van der Waals surface area (Å²) in [5.41, 5.74) is 6.90. The van der Waals surface area contributed by atoms with E-state index < -0.39 is 0 Å². The second-order valence-electron chi connectivity index (χ2n) is 5.93. The summed E-state index contributed by atoms with van der Waals surface area (Å²) in [6.45, 7) is 1.10. The van der Waals surface area contributed by atoms with Crippen LogP contribution in [0.1, 0.15) is 44.1 Å². The molecule has 1 aliphatic rings. The highest BCUT2D eigenvalue weighted by Crippen LogP contribution is 2.38. The number of pyridine rings is 1. The van der Waals surface area contributed by atoms with Crippen molar-refractivity contribution in [3.05, 3.63) is 23.9 Å². The third-order valence-corrected chi connectivity index (χ3v) is 4.38. The van der Waals surface area contributed by atoms with Gasteiger partial charge in [-0.2, -0.15) is 0 Å². The standard InChI is InChI=1S/C16H25N3O2/c1-21-15-6-5-13(11-19-15)10-18-14(20)9-16(12-17)7-3-2-4-8-16/h5-6,11H,2-4,7-10,12,17H2,1H3,(H,18,20). The van der Waals surface area contributed by atoms with Gasteiger partial charge in [0.15, 0.2) is 0 Å². The van der Waals surface area contributed by atoms with E-state index in [1.165, 1.54) is 19.3 Å². The lowest BCUT2D eigenvalue weighted by Crippen LogP contribution is -2.38. The Morgan fingerprint density at radius 3 is 2.71 bits per heavy atom. The lowest BCUT2D eigenvalue weighted by atomic mass is 9.71. The third-order valence-electron chi connectivity index (χ3n) is 4.38. The molecule has 0 bridgehead atoms. The average Bonchev–Trinajstić information content (AvgIpc) is 2.54. The second-order valence-corrected chi connectivity index (χ2v) is 5.93. The van der Waals surface area contributed by atoms with Crippen LogP contribution in [0.3, 0.4) is 0 Å². The van der Waals surface area contributed by atoms with Crippen LogP contribution in [0.2, 0.25) is 0 Å². The number of carbonyl (C=O) groups is 1. The van der Waals surface area contributed by atoms with Crippen LogP contribution in [0.25, 0.3) is 0 Å². The first-order chi connectivity index (χ1) is 10.2. The molecule has 0 unspecified atom stereocenters. The molecule has 0 radical (unpaired) electrons. The zero-order chi connectivity index (χ0) is 15.1. The minimum Gasteiger partial charge on any atom is -0.481 e. The zero-order valence-corrected chi connectivity index (χ0v) is 12.7. The molecule has 116 valence electrons. The van der Waals surface area contributed by atoms with E-state index in [-0.39, 0.29) is 11.3 Å². The van der Waals surface area contributed by atoms with Crippen molar-refractivity contribution in [2.45, 2.75) is 45.1 Å². The number of hydrogen-bond acceptors (Lipinski definition) is 4. The Morgan fingerprint density at radius 2 is 2.14 bits per heavy atom. The fourth-order valence-electron chi connectivity index (χ4n) is 2.99. The van der Waals surface area contributed by atoms with Crippen molar-refractivity contribution in [1.82, 2.24) is 10.3 Å². The Hall–Kier alpha value is -1.62. The first-order valence-electron chi connectivity index (χ1n) is 7.63. The van der Waals surface area contributed by atoms with Crippen molar-refractivity contribution < 1.29 is 9.53 Å². The summed E-state index contributed by atoms with van der Waals surface area (Å²) in [5, 5.41) is 2.97. The SMILES string of the molecule is COc1ccc(CNC(=O)CC2(CN)CCCCC2)cn1. The van der Waals surface area contributed by atoms with Crippen LogP contribution in [0, 0.1) is 5.41 Å². The van der Waals surface area contributed by atoms with Crippen LogP contribution in [0.4, 0.5) is 0 Å². The monoisotopic (exact) mass is 291 g/mol. The maximum atomic E-state index is 12.2. The molecule has 0 atom stereocenters. The first kappa shape index (κ1) is 15.8. The van der Waals surface area contributed by atoms with Gasteiger partial charge in [0.1, 0.15) is 0 Å². The van der Waals surface area contributed by atoms with Crippen LogP contribution in [0.5, 0.6) is 5.88 Å². The van der Waals surface area contributed by atoms with Gasteiger partial charge in [-0.05, 0) is 30.4 Å². The molecule has 1 amide bonds. The van der Waals surface area contributed by atoms with Crippen LogP contribution >= 0.6 is 0 Å². The Morgan fingerprint density at radius 1 is 1.38 bits per heavy atom. The van der Waals surface area contributed by atoms with Crippen molar-refractivity contribution in [1.29, 1.82) is 0 Å². The maximum absolute atomic E-state index is 12.2. The minimum absolute atomic E-state index is 0.0144. The topological polar surface area (TPSA) is 77.2 Å². The lowest BCUT2D eigenvalue weighted by Gasteiger charge is -2.35. The normalized spacial score (nSPS) is 17.2. The van der Waals surface area contributed by atoms with Gasteiger partial charge in [-0.3, -0.25) is 4.79 Å². The average molecular weight is 291 g/mol. The van der Waals surface area contributed by atoms with E-state index in [2.05, 4.69) is 10.3 Å². The highest BCUT2D eigenvalue weighted by Gasteiger charge is 2.32. The van der Waals surface area contributed by atoms with Gasteiger partial charge in [0.05, 0.1) is 7.11 Å². The molecule has 5 heteroatoms. The molecule has 1 saturated carbocycles. The van der Waals surface area contributed by atoms with Gasteiger partial charge >= 0.3 is 0 Å². The molecule has 0 spiro atoms. The van der Waals surface area contributed by atoms with E-state index in [4.69, 9.17) is 10.5 Å². The number of aromatic nitrogens is 1. The number of nitrogens with two attached hydrogens (primary N) is 1. The summed E-state index contributed by atoms with van der Waals surface area (Å²) in [7, 11) is 1.58. The number of amides is 1. The largest absolute Gasteiger partial charge is 0.481 e. The summed E-state index contributed by atoms with van der Waals surface area (Å²) in [6, 6.07) is 3.70. The van der Waals surface area contributed by atoms with E-state index >= 15 is 0 Å². The molecule has 3 N–H and O–H groups in total. The fourth-order valence-corrected chi connectivity index (χ4v) is 2.99. The molecule has 0 aromatic carbocycles. The van der Waals surface area contributed by atoms with Gasteiger partial charge in [0.25, 0.3) is 0 Å². The number of ether oxygens (including phenoxy) is 1. The van der Waals surface area contributed by atoms with Gasteiger partial charge in [-0.15, -0.1) is 0 Å². The van der Waals surface area contributed by atoms with Gasteiger partial charge in [-0.1, -0.05) is 25.3 Å². The maximum Gasteiger partial charge on any atom is 0.220 e. The predicted octanol–water partition coefficient (Wildman–Crippen LogP) is 2.01. The van der Waals surface area contributed by atoms with Gasteiger partial charge in [0, 0.05) is 25.2 Å². The molecule has 5 nitrogen and oxygen atoms in total. The Balaban J connectivity index is 1.83. The minimum atomic E-state index is 0.0144. The van der Waals surface area contributed by atoms with Crippen molar-refractivity contribution >= 4 is 5.91 Å². The Bertz CT molecular complexity index is 453. The van der Waals surface area contributed by atoms with Gasteiger partial charge in [0.2, 0.25) is 11.8 Å². The van der Waals surface area contributed by atoms with Crippen LogP contribution in [0.15, 0.2) is 18.3 Å². The first-order valence-corrected chi connectivity index (χ1v) is 7.63. The number of hydrogen-bond donors (Lipinski definition) is 2. The smallest absolute Gasteiger partial charge is 0.220 e. The zero-order valence-electron chi connectivity index (χ0n) is 12.7. The molecule has 2 rings (SSSR count). The molecule has 1 aromatic rings. The molecule has 1 aromatic heterocycles. The highest BCUT2D eigenvalue weighted by molar-refractivity contribution is 5.76. The molecule has 1 heterocycles. The number of rotatable bonds is 6. The number of nitrogens with one attached hydrogen (secondary N) is 1. The summed E-state index contributed by atoms with van der Waals surface area (Å²) in [4.78, 5) is 16.3. The van der Waals surface area contributed by atoms with E-state index in [0.29, 0.717) is 25.4 Å². The Labute approximate surface area is 126 Å². The van der Waals surface area contributed by atoms with Crippen molar-refractivity contribution in [3.63, 3.8) is 0 Å². The van der Waals surface area contributed by atoms with E-state index in [0.717, 1.165) is 18.4 Å². The van der Waals surface area contributed by atoms with E-state index in [1.54, 1.807) is 19.4 Å². The molecule has 0 aliphatic heterocycles. The lowest BCUT2D eigenvalue weighted by molar-refractivity contribution is -0.124. The van der Waals surface area contributed by atoms with E-state index in [9.17, 15) is 4.79 Å². The van der Waals surface area contributed by atoms with Gasteiger partial charge in [-0.25, -0.2) is 4.98 Å². The predicted molar refractivity (Wildman–Crippen MR) is 81.8 cm³/mol.